The van der Waals surface area contributed by atoms with Crippen LogP contribution in [0.3, 0.4) is 0 Å². The maximum atomic E-state index is 5.28. The fourth-order valence-electron chi connectivity index (χ4n) is 1.37. The van der Waals surface area contributed by atoms with E-state index < -0.39 is 0 Å². The van der Waals surface area contributed by atoms with Crippen molar-refractivity contribution >= 4 is 0 Å². The first-order valence-corrected chi connectivity index (χ1v) is 4.65. The van der Waals surface area contributed by atoms with Gasteiger partial charge in [0, 0.05) is 6.42 Å². The molecule has 0 aromatic heterocycles. The van der Waals surface area contributed by atoms with Crippen molar-refractivity contribution in [3.05, 3.63) is 34.9 Å². The molecular formula is C13H16. The lowest BCUT2D eigenvalue weighted by Gasteiger charge is -2.10. The van der Waals surface area contributed by atoms with Crippen LogP contribution in [-0.4, -0.2) is 0 Å². The largest absolute Gasteiger partial charge is 0.120 e. The van der Waals surface area contributed by atoms with Crippen molar-refractivity contribution in [1.82, 2.24) is 0 Å². The number of rotatable bonds is 2. The van der Waals surface area contributed by atoms with E-state index in [1.54, 1.807) is 0 Å². The summed E-state index contributed by atoms with van der Waals surface area (Å²) < 4.78 is 0. The lowest BCUT2D eigenvalue weighted by Crippen LogP contribution is -1.93. The van der Waals surface area contributed by atoms with Crippen molar-refractivity contribution in [3.8, 4) is 12.3 Å². The molecule has 68 valence electrons. The number of aryl methyl sites for hydroxylation is 2. The van der Waals surface area contributed by atoms with E-state index in [9.17, 15) is 0 Å². The first kappa shape index (κ1) is 9.86. The maximum Gasteiger partial charge on any atom is 0.0152 e. The summed E-state index contributed by atoms with van der Waals surface area (Å²) in [4.78, 5) is 0. The van der Waals surface area contributed by atoms with Gasteiger partial charge in [0.2, 0.25) is 0 Å². The molecule has 1 rings (SSSR count). The smallest absolute Gasteiger partial charge is 0.0152 e. The van der Waals surface area contributed by atoms with Gasteiger partial charge in [-0.3, -0.25) is 0 Å². The van der Waals surface area contributed by atoms with Gasteiger partial charge >= 0.3 is 0 Å². The van der Waals surface area contributed by atoms with Crippen LogP contribution in [0.1, 0.15) is 36.0 Å². The second-order valence-corrected chi connectivity index (χ2v) is 3.65. The Morgan fingerprint density at radius 1 is 1.31 bits per heavy atom. The summed E-state index contributed by atoms with van der Waals surface area (Å²) in [5, 5.41) is 0. The quantitative estimate of drug-likeness (QED) is 0.599. The Labute approximate surface area is 81.0 Å². The summed E-state index contributed by atoms with van der Waals surface area (Å²) >= 11 is 0. The van der Waals surface area contributed by atoms with Gasteiger partial charge in [0.15, 0.2) is 0 Å². The molecule has 0 heteroatoms. The summed E-state index contributed by atoms with van der Waals surface area (Å²) in [7, 11) is 0. The number of hydrogen-bond donors (Lipinski definition) is 0. The highest BCUT2D eigenvalue weighted by molar-refractivity contribution is 5.32. The fourth-order valence-corrected chi connectivity index (χ4v) is 1.37. The lowest BCUT2D eigenvalue weighted by molar-refractivity contribution is 0.794. The van der Waals surface area contributed by atoms with E-state index in [1.165, 1.54) is 16.7 Å². The number of terminal acetylenes is 1. The van der Waals surface area contributed by atoms with Gasteiger partial charge in [0.25, 0.3) is 0 Å². The van der Waals surface area contributed by atoms with E-state index in [0.717, 1.165) is 6.42 Å². The van der Waals surface area contributed by atoms with Gasteiger partial charge in [-0.15, -0.1) is 12.3 Å². The first-order chi connectivity index (χ1) is 6.15. The molecular weight excluding hydrogens is 156 g/mol. The highest BCUT2D eigenvalue weighted by Crippen LogP contribution is 2.20. The molecule has 1 aromatic carbocycles. The summed E-state index contributed by atoms with van der Waals surface area (Å²) in [6.45, 7) is 6.44. The van der Waals surface area contributed by atoms with Crippen molar-refractivity contribution in [2.75, 3.05) is 0 Å². The molecule has 0 nitrogen and oxygen atoms in total. The minimum Gasteiger partial charge on any atom is -0.120 e. The predicted octanol–water partition coefficient (Wildman–Crippen LogP) is 3.43. The van der Waals surface area contributed by atoms with Crippen molar-refractivity contribution < 1.29 is 0 Å². The molecule has 0 aliphatic rings. The summed E-state index contributed by atoms with van der Waals surface area (Å²) in [6.07, 6.45) is 6.11. The Bertz CT molecular complexity index is 328. The summed E-state index contributed by atoms with van der Waals surface area (Å²) in [6, 6.07) is 6.57. The first-order valence-electron chi connectivity index (χ1n) is 4.65. The van der Waals surface area contributed by atoms with Gasteiger partial charge in [0.05, 0.1) is 0 Å². The zero-order chi connectivity index (χ0) is 9.84. The minimum absolute atomic E-state index is 0.476. The highest BCUT2D eigenvalue weighted by atomic mass is 14.1. The molecule has 0 spiro atoms. The van der Waals surface area contributed by atoms with Crippen molar-refractivity contribution in [1.29, 1.82) is 0 Å². The Hall–Kier alpha value is -1.22. The van der Waals surface area contributed by atoms with Crippen LogP contribution < -0.4 is 0 Å². The standard InChI is InChI=1S/C13H16/c1-5-6-11(3)13-8-7-10(2)12(4)9-13/h1,7-9,11H,6H2,2-4H3. The third kappa shape index (κ3) is 2.36. The molecule has 0 radical (unpaired) electrons. The average Bonchev–Trinajstić information content (AvgIpc) is 2.10. The zero-order valence-corrected chi connectivity index (χ0v) is 8.59. The van der Waals surface area contributed by atoms with E-state index in [-0.39, 0.29) is 0 Å². The third-order valence-corrected chi connectivity index (χ3v) is 2.52. The van der Waals surface area contributed by atoms with Gasteiger partial charge in [-0.2, -0.15) is 0 Å². The van der Waals surface area contributed by atoms with Gasteiger partial charge in [-0.05, 0) is 36.5 Å². The predicted molar refractivity (Wildman–Crippen MR) is 57.8 cm³/mol. The topological polar surface area (TPSA) is 0 Å². The number of hydrogen-bond acceptors (Lipinski definition) is 0. The Kier molecular flexibility index (Phi) is 3.14. The highest BCUT2D eigenvalue weighted by Gasteiger charge is 2.04. The molecule has 0 heterocycles. The molecule has 0 fully saturated rings. The van der Waals surface area contributed by atoms with Gasteiger partial charge in [-0.1, -0.05) is 25.1 Å². The van der Waals surface area contributed by atoms with E-state index in [0.29, 0.717) is 5.92 Å². The van der Waals surface area contributed by atoms with Crippen molar-refractivity contribution in [2.24, 2.45) is 0 Å². The summed E-state index contributed by atoms with van der Waals surface area (Å²) in [5.41, 5.74) is 4.04. The Balaban J connectivity index is 2.91. The second kappa shape index (κ2) is 4.14. The van der Waals surface area contributed by atoms with E-state index in [2.05, 4.69) is 44.9 Å². The molecule has 0 saturated carbocycles. The number of benzene rings is 1. The Morgan fingerprint density at radius 3 is 2.54 bits per heavy atom. The minimum atomic E-state index is 0.476. The monoisotopic (exact) mass is 172 g/mol. The van der Waals surface area contributed by atoms with Gasteiger partial charge in [-0.25, -0.2) is 0 Å². The van der Waals surface area contributed by atoms with E-state index >= 15 is 0 Å². The lowest BCUT2D eigenvalue weighted by atomic mass is 9.95. The molecule has 0 bridgehead atoms. The van der Waals surface area contributed by atoms with E-state index in [1.807, 2.05) is 0 Å². The molecule has 0 aliphatic carbocycles. The van der Waals surface area contributed by atoms with Crippen LogP contribution in [-0.2, 0) is 0 Å². The SMILES string of the molecule is C#CCC(C)c1ccc(C)c(C)c1. The van der Waals surface area contributed by atoms with Crippen molar-refractivity contribution in [3.63, 3.8) is 0 Å². The van der Waals surface area contributed by atoms with Crippen LogP contribution >= 0.6 is 0 Å². The third-order valence-electron chi connectivity index (χ3n) is 2.52. The van der Waals surface area contributed by atoms with Crippen LogP contribution in [0.15, 0.2) is 18.2 Å². The summed E-state index contributed by atoms with van der Waals surface area (Å²) in [5.74, 6) is 3.18. The molecule has 0 saturated heterocycles. The van der Waals surface area contributed by atoms with Crippen LogP contribution in [0, 0.1) is 26.2 Å². The molecule has 0 amide bonds. The van der Waals surface area contributed by atoms with Crippen LogP contribution in [0.2, 0.25) is 0 Å². The molecule has 0 aliphatic heterocycles. The van der Waals surface area contributed by atoms with Crippen LogP contribution in [0.4, 0.5) is 0 Å². The molecule has 1 atom stereocenters. The molecule has 0 N–H and O–H groups in total. The van der Waals surface area contributed by atoms with Gasteiger partial charge in [0.1, 0.15) is 0 Å². The van der Waals surface area contributed by atoms with Crippen LogP contribution in [0.5, 0.6) is 0 Å². The van der Waals surface area contributed by atoms with Crippen molar-refractivity contribution in [2.45, 2.75) is 33.1 Å². The zero-order valence-electron chi connectivity index (χ0n) is 8.59. The fraction of sp³-hybridized carbons (Fsp3) is 0.385. The normalized spacial score (nSPS) is 12.2. The maximum absolute atomic E-state index is 5.28. The average molecular weight is 172 g/mol. The van der Waals surface area contributed by atoms with E-state index in [4.69, 9.17) is 6.42 Å². The second-order valence-electron chi connectivity index (χ2n) is 3.65. The molecule has 1 unspecified atom stereocenters. The van der Waals surface area contributed by atoms with Gasteiger partial charge < -0.3 is 0 Å². The Morgan fingerprint density at radius 2 is 2.00 bits per heavy atom. The van der Waals surface area contributed by atoms with Crippen LogP contribution in [0.25, 0.3) is 0 Å². The molecule has 1 aromatic rings. The molecule has 13 heavy (non-hydrogen) atoms.